The van der Waals surface area contributed by atoms with Gasteiger partial charge >= 0.3 is 5.97 Å². The molecule has 1 aliphatic heterocycles. The van der Waals surface area contributed by atoms with Crippen LogP contribution in [0.3, 0.4) is 0 Å². The van der Waals surface area contributed by atoms with Gasteiger partial charge in [0.2, 0.25) is 0 Å². The number of hydrogen-bond acceptors (Lipinski definition) is 4. The number of esters is 1. The number of nitrogens with one attached hydrogen (secondary N) is 2. The third-order valence-corrected chi connectivity index (χ3v) is 5.73. The van der Waals surface area contributed by atoms with Crippen LogP contribution in [0.1, 0.15) is 43.0 Å². The van der Waals surface area contributed by atoms with Crippen molar-refractivity contribution in [2.75, 3.05) is 11.9 Å². The van der Waals surface area contributed by atoms with Crippen LogP contribution in [-0.4, -0.2) is 24.1 Å². The minimum Gasteiger partial charge on any atom is -0.466 e. The molecule has 0 unspecified atom stereocenters. The zero-order chi connectivity index (χ0) is 16.0. The molecule has 2 N–H and O–H groups in total. The van der Waals surface area contributed by atoms with Crippen molar-refractivity contribution in [2.45, 2.75) is 38.3 Å². The lowest BCUT2D eigenvalue weighted by atomic mass is 9.59. The third kappa shape index (κ3) is 2.21. The number of benzene rings is 1. The van der Waals surface area contributed by atoms with Crippen LogP contribution < -0.4 is 10.6 Å². The van der Waals surface area contributed by atoms with Crippen LogP contribution in [0.15, 0.2) is 24.3 Å². The predicted molar refractivity (Wildman–Crippen MR) is 85.8 cm³/mol. The Balaban J connectivity index is 1.61. The maximum absolute atomic E-state index is 12.5. The molecule has 3 aliphatic carbocycles. The fourth-order valence-electron chi connectivity index (χ4n) is 4.68. The van der Waals surface area contributed by atoms with E-state index >= 15 is 0 Å². The molecule has 1 amide bonds. The molecule has 122 valence electrons. The SMILES string of the molecule is CCOC(=O)[C@H]1C[C@@H]2CC[C@@H]1C[C@]21NC(=O)c2ccccc2N1. The maximum Gasteiger partial charge on any atom is 0.309 e. The van der Waals surface area contributed by atoms with Gasteiger partial charge in [-0.1, -0.05) is 12.1 Å². The molecule has 3 saturated carbocycles. The number of anilines is 1. The minimum absolute atomic E-state index is 0.0143. The zero-order valence-electron chi connectivity index (χ0n) is 13.3. The topological polar surface area (TPSA) is 67.4 Å². The van der Waals surface area contributed by atoms with Crippen LogP contribution in [0, 0.1) is 17.8 Å². The molecule has 3 fully saturated rings. The highest BCUT2D eigenvalue weighted by molar-refractivity contribution is 6.02. The summed E-state index contributed by atoms with van der Waals surface area (Å²) in [6, 6.07) is 7.62. The predicted octanol–water partition coefficient (Wildman–Crippen LogP) is 2.54. The van der Waals surface area contributed by atoms with Crippen molar-refractivity contribution in [2.24, 2.45) is 17.8 Å². The molecule has 0 saturated heterocycles. The summed E-state index contributed by atoms with van der Waals surface area (Å²) in [5.74, 6) is 0.436. The van der Waals surface area contributed by atoms with E-state index in [2.05, 4.69) is 10.6 Å². The Hall–Kier alpha value is -2.04. The summed E-state index contributed by atoms with van der Waals surface area (Å²) in [4.78, 5) is 24.7. The highest BCUT2D eigenvalue weighted by Crippen LogP contribution is 2.52. The summed E-state index contributed by atoms with van der Waals surface area (Å²) in [7, 11) is 0. The fourth-order valence-corrected chi connectivity index (χ4v) is 4.68. The monoisotopic (exact) mass is 314 g/mol. The van der Waals surface area contributed by atoms with Crippen molar-refractivity contribution < 1.29 is 14.3 Å². The second-order valence-corrected chi connectivity index (χ2v) is 6.93. The molecular formula is C18H22N2O3. The summed E-state index contributed by atoms with van der Waals surface area (Å²) in [5.41, 5.74) is 1.19. The van der Waals surface area contributed by atoms with E-state index in [0.717, 1.165) is 31.4 Å². The first-order valence-corrected chi connectivity index (χ1v) is 8.49. The van der Waals surface area contributed by atoms with Crippen molar-refractivity contribution in [3.63, 3.8) is 0 Å². The standard InChI is InChI=1S/C18H22N2O3/c1-2-23-17(22)14-9-12-8-7-11(14)10-18(12)19-15-6-4-3-5-13(15)16(21)20-18/h3-6,11-12,14,19H,2,7-10H2,1H3,(H,20,21)/t11-,12+,14+,18+/m1/s1. The highest BCUT2D eigenvalue weighted by atomic mass is 16.5. The molecule has 5 rings (SSSR count). The molecular weight excluding hydrogens is 292 g/mol. The van der Waals surface area contributed by atoms with Gasteiger partial charge in [0.05, 0.1) is 18.1 Å². The normalized spacial score (nSPS) is 34.5. The van der Waals surface area contributed by atoms with Crippen LogP contribution in [-0.2, 0) is 9.53 Å². The first-order valence-electron chi connectivity index (χ1n) is 8.49. The fraction of sp³-hybridized carbons (Fsp3) is 0.556. The lowest BCUT2D eigenvalue weighted by Crippen LogP contribution is -2.67. The highest BCUT2D eigenvalue weighted by Gasteiger charge is 2.55. The van der Waals surface area contributed by atoms with E-state index < -0.39 is 5.66 Å². The van der Waals surface area contributed by atoms with Crippen molar-refractivity contribution in [3.8, 4) is 0 Å². The van der Waals surface area contributed by atoms with Gasteiger partial charge in [-0.05, 0) is 50.7 Å². The van der Waals surface area contributed by atoms with Crippen molar-refractivity contribution in [1.29, 1.82) is 0 Å². The average Bonchev–Trinajstić information content (AvgIpc) is 2.55. The number of fused-ring (bicyclic) bond motifs is 3. The average molecular weight is 314 g/mol. The van der Waals surface area contributed by atoms with Gasteiger partial charge in [-0.15, -0.1) is 0 Å². The lowest BCUT2D eigenvalue weighted by molar-refractivity contribution is -0.155. The van der Waals surface area contributed by atoms with Crippen LogP contribution >= 0.6 is 0 Å². The van der Waals surface area contributed by atoms with Gasteiger partial charge in [-0.25, -0.2) is 0 Å². The van der Waals surface area contributed by atoms with Crippen LogP contribution in [0.5, 0.6) is 0 Å². The number of carbonyl (C=O) groups is 2. The van der Waals surface area contributed by atoms with Gasteiger partial charge in [-0.2, -0.15) is 0 Å². The van der Waals surface area contributed by atoms with E-state index in [4.69, 9.17) is 4.74 Å². The second-order valence-electron chi connectivity index (χ2n) is 6.93. The van der Waals surface area contributed by atoms with Gasteiger partial charge in [-0.3, -0.25) is 9.59 Å². The first-order chi connectivity index (χ1) is 11.1. The van der Waals surface area contributed by atoms with Gasteiger partial charge in [0.25, 0.3) is 5.91 Å². The summed E-state index contributed by atoms with van der Waals surface area (Å²) in [6.07, 6.45) is 3.66. The molecule has 1 aromatic carbocycles. The van der Waals surface area contributed by atoms with E-state index in [1.165, 1.54) is 0 Å². The van der Waals surface area contributed by atoms with Gasteiger partial charge in [0.15, 0.2) is 0 Å². The molecule has 0 radical (unpaired) electrons. The van der Waals surface area contributed by atoms with E-state index in [1.807, 2.05) is 31.2 Å². The van der Waals surface area contributed by atoms with Gasteiger partial charge < -0.3 is 15.4 Å². The lowest BCUT2D eigenvalue weighted by Gasteiger charge is -2.56. The second kappa shape index (κ2) is 5.25. The van der Waals surface area contributed by atoms with Crippen molar-refractivity contribution in [1.82, 2.24) is 5.32 Å². The molecule has 5 nitrogen and oxygen atoms in total. The molecule has 1 spiro atoms. The summed E-state index contributed by atoms with van der Waals surface area (Å²) < 4.78 is 5.24. The van der Waals surface area contributed by atoms with Crippen molar-refractivity contribution in [3.05, 3.63) is 29.8 Å². The number of ether oxygens (including phenoxy) is 1. The number of hydrogen-bond donors (Lipinski definition) is 2. The van der Waals surface area contributed by atoms with E-state index in [1.54, 1.807) is 0 Å². The quantitative estimate of drug-likeness (QED) is 0.823. The Morgan fingerprint density at radius 3 is 2.87 bits per heavy atom. The molecule has 5 heteroatoms. The Morgan fingerprint density at radius 1 is 1.30 bits per heavy atom. The largest absolute Gasteiger partial charge is 0.466 e. The number of para-hydroxylation sites is 1. The summed E-state index contributed by atoms with van der Waals surface area (Å²) >= 11 is 0. The van der Waals surface area contributed by atoms with E-state index in [0.29, 0.717) is 12.2 Å². The van der Waals surface area contributed by atoms with Crippen LogP contribution in [0.4, 0.5) is 5.69 Å². The molecule has 1 heterocycles. The molecule has 1 aromatic rings. The molecule has 4 aliphatic rings. The zero-order valence-corrected chi connectivity index (χ0v) is 13.3. The Kier molecular flexibility index (Phi) is 3.32. The Morgan fingerprint density at radius 2 is 2.13 bits per heavy atom. The molecule has 4 atom stereocenters. The molecule has 0 aromatic heterocycles. The molecule has 2 bridgehead atoms. The maximum atomic E-state index is 12.5. The van der Waals surface area contributed by atoms with Crippen molar-refractivity contribution >= 4 is 17.6 Å². The first kappa shape index (κ1) is 14.5. The smallest absolute Gasteiger partial charge is 0.309 e. The van der Waals surface area contributed by atoms with Crippen LogP contribution in [0.2, 0.25) is 0 Å². The number of rotatable bonds is 2. The van der Waals surface area contributed by atoms with E-state index in [9.17, 15) is 9.59 Å². The van der Waals surface area contributed by atoms with Gasteiger partial charge in [0.1, 0.15) is 5.66 Å². The Labute approximate surface area is 135 Å². The Bertz CT molecular complexity index is 659. The van der Waals surface area contributed by atoms with Crippen LogP contribution in [0.25, 0.3) is 0 Å². The van der Waals surface area contributed by atoms with Gasteiger partial charge in [0, 0.05) is 11.6 Å². The molecule has 23 heavy (non-hydrogen) atoms. The summed E-state index contributed by atoms with van der Waals surface area (Å²) in [5, 5.41) is 6.79. The van der Waals surface area contributed by atoms with E-state index in [-0.39, 0.29) is 29.6 Å². The minimum atomic E-state index is -0.405. The number of carbonyl (C=O) groups excluding carboxylic acids is 2. The third-order valence-electron chi connectivity index (χ3n) is 5.73. The number of amides is 1. The summed E-state index contributed by atoms with van der Waals surface area (Å²) in [6.45, 7) is 2.28.